The zero-order valence-corrected chi connectivity index (χ0v) is 13.4. The molecule has 1 aromatic carbocycles. The first-order valence-corrected chi connectivity index (χ1v) is 7.38. The highest BCUT2D eigenvalue weighted by atomic mass is 19.1. The molecular formula is C16H23FN4. The van der Waals surface area contributed by atoms with E-state index in [4.69, 9.17) is 0 Å². The second-order valence-corrected chi connectivity index (χ2v) is 5.45. The normalized spacial score (nSPS) is 12.7. The fourth-order valence-corrected chi connectivity index (χ4v) is 2.43. The number of halogens is 1. The smallest absolute Gasteiger partial charge is 0.148 e. The third-order valence-corrected chi connectivity index (χ3v) is 3.58. The van der Waals surface area contributed by atoms with Gasteiger partial charge in [0.1, 0.15) is 17.5 Å². The lowest BCUT2D eigenvalue weighted by atomic mass is 10.0. The highest BCUT2D eigenvalue weighted by molar-refractivity contribution is 5.46. The molecule has 1 unspecified atom stereocenters. The largest absolute Gasteiger partial charge is 0.310 e. The van der Waals surface area contributed by atoms with Crippen molar-refractivity contribution in [3.63, 3.8) is 0 Å². The lowest BCUT2D eigenvalue weighted by Gasteiger charge is -2.19. The first-order valence-electron chi connectivity index (χ1n) is 7.38. The molecular weight excluding hydrogens is 267 g/mol. The van der Waals surface area contributed by atoms with Crippen molar-refractivity contribution in [2.75, 3.05) is 6.54 Å². The van der Waals surface area contributed by atoms with Crippen LogP contribution in [0.4, 0.5) is 4.39 Å². The van der Waals surface area contributed by atoms with E-state index in [0.717, 1.165) is 35.9 Å². The number of benzene rings is 1. The first kappa shape index (κ1) is 15.6. The van der Waals surface area contributed by atoms with Gasteiger partial charge in [-0.1, -0.05) is 6.92 Å². The summed E-state index contributed by atoms with van der Waals surface area (Å²) >= 11 is 0. The fourth-order valence-electron chi connectivity index (χ4n) is 2.43. The number of hydrogen-bond donors (Lipinski definition) is 1. The summed E-state index contributed by atoms with van der Waals surface area (Å²) in [6, 6.07) is 3.50. The predicted molar refractivity (Wildman–Crippen MR) is 82.2 cm³/mol. The van der Waals surface area contributed by atoms with Crippen LogP contribution in [0.5, 0.6) is 0 Å². The van der Waals surface area contributed by atoms with Gasteiger partial charge < -0.3 is 5.32 Å². The van der Waals surface area contributed by atoms with E-state index in [2.05, 4.69) is 22.3 Å². The van der Waals surface area contributed by atoms with E-state index in [9.17, 15) is 4.39 Å². The molecule has 0 aliphatic carbocycles. The summed E-state index contributed by atoms with van der Waals surface area (Å²) in [6.45, 7) is 10.6. The lowest BCUT2D eigenvalue weighted by Crippen LogP contribution is -2.21. The predicted octanol–water partition coefficient (Wildman–Crippen LogP) is 3.39. The summed E-state index contributed by atoms with van der Waals surface area (Å²) in [5.74, 6) is 1.34. The number of hydrogen-bond acceptors (Lipinski definition) is 3. The van der Waals surface area contributed by atoms with Crippen LogP contribution in [0.1, 0.15) is 49.1 Å². The summed E-state index contributed by atoms with van der Waals surface area (Å²) in [6.07, 6.45) is 1.04. The zero-order valence-electron chi connectivity index (χ0n) is 13.4. The van der Waals surface area contributed by atoms with Crippen LogP contribution >= 0.6 is 0 Å². The number of aromatic nitrogens is 3. The molecule has 0 fully saturated rings. The van der Waals surface area contributed by atoms with Crippen LogP contribution in [0.15, 0.2) is 12.1 Å². The molecule has 0 aliphatic heterocycles. The average molecular weight is 290 g/mol. The van der Waals surface area contributed by atoms with Crippen molar-refractivity contribution < 1.29 is 4.39 Å². The molecule has 0 bridgehead atoms. The van der Waals surface area contributed by atoms with E-state index in [1.165, 1.54) is 0 Å². The molecule has 5 heteroatoms. The van der Waals surface area contributed by atoms with Crippen molar-refractivity contribution in [2.24, 2.45) is 0 Å². The van der Waals surface area contributed by atoms with Gasteiger partial charge in [0, 0.05) is 6.04 Å². The van der Waals surface area contributed by atoms with Crippen molar-refractivity contribution in [3.8, 4) is 5.69 Å². The Morgan fingerprint density at radius 2 is 2.00 bits per heavy atom. The fraction of sp³-hybridized carbons (Fsp3) is 0.500. The minimum absolute atomic E-state index is 0.0546. The molecule has 1 N–H and O–H groups in total. The van der Waals surface area contributed by atoms with Crippen LogP contribution < -0.4 is 5.32 Å². The van der Waals surface area contributed by atoms with Gasteiger partial charge in [0.05, 0.1) is 5.69 Å². The van der Waals surface area contributed by atoms with E-state index in [0.29, 0.717) is 5.56 Å². The minimum Gasteiger partial charge on any atom is -0.310 e. The molecule has 114 valence electrons. The maximum absolute atomic E-state index is 14.0. The van der Waals surface area contributed by atoms with Gasteiger partial charge in [-0.25, -0.2) is 14.1 Å². The van der Waals surface area contributed by atoms with Crippen LogP contribution in [0.3, 0.4) is 0 Å². The van der Waals surface area contributed by atoms with Gasteiger partial charge >= 0.3 is 0 Å². The molecule has 0 spiro atoms. The van der Waals surface area contributed by atoms with E-state index in [1.54, 1.807) is 17.7 Å². The van der Waals surface area contributed by atoms with Gasteiger partial charge in [0.15, 0.2) is 0 Å². The molecule has 0 radical (unpaired) electrons. The van der Waals surface area contributed by atoms with Crippen LogP contribution in [-0.4, -0.2) is 21.3 Å². The average Bonchev–Trinajstić information content (AvgIpc) is 2.77. The Balaban J connectivity index is 2.53. The highest BCUT2D eigenvalue weighted by Gasteiger charge is 2.17. The Labute approximate surface area is 125 Å². The van der Waals surface area contributed by atoms with Crippen molar-refractivity contribution in [2.45, 2.75) is 47.1 Å². The Hall–Kier alpha value is -1.75. The molecule has 0 aliphatic rings. The quantitative estimate of drug-likeness (QED) is 0.918. The minimum atomic E-state index is -0.187. The number of aryl methyl sites for hydroxylation is 3. The van der Waals surface area contributed by atoms with Gasteiger partial charge in [-0.05, 0) is 63.9 Å². The number of nitrogens with one attached hydrogen (secondary N) is 1. The zero-order chi connectivity index (χ0) is 15.6. The Morgan fingerprint density at radius 1 is 1.29 bits per heavy atom. The molecule has 1 atom stereocenters. The lowest BCUT2D eigenvalue weighted by molar-refractivity contribution is 0.556. The van der Waals surface area contributed by atoms with Crippen LogP contribution in [0, 0.1) is 26.6 Å². The summed E-state index contributed by atoms with van der Waals surface area (Å²) in [7, 11) is 0. The Morgan fingerprint density at radius 3 is 2.57 bits per heavy atom. The Kier molecular flexibility index (Phi) is 4.73. The van der Waals surface area contributed by atoms with Gasteiger partial charge in [0.2, 0.25) is 0 Å². The molecule has 21 heavy (non-hydrogen) atoms. The van der Waals surface area contributed by atoms with Gasteiger partial charge in [0.25, 0.3) is 0 Å². The van der Waals surface area contributed by atoms with Crippen LogP contribution in [0.25, 0.3) is 5.69 Å². The van der Waals surface area contributed by atoms with E-state index < -0.39 is 0 Å². The maximum Gasteiger partial charge on any atom is 0.148 e. The topological polar surface area (TPSA) is 42.7 Å². The van der Waals surface area contributed by atoms with Gasteiger partial charge in [-0.3, -0.25) is 0 Å². The molecule has 0 saturated carbocycles. The van der Waals surface area contributed by atoms with Crippen molar-refractivity contribution >= 4 is 0 Å². The first-order chi connectivity index (χ1) is 9.93. The van der Waals surface area contributed by atoms with Crippen molar-refractivity contribution in [1.29, 1.82) is 0 Å². The van der Waals surface area contributed by atoms with Crippen molar-refractivity contribution in [3.05, 3.63) is 40.7 Å². The second-order valence-electron chi connectivity index (χ2n) is 5.45. The van der Waals surface area contributed by atoms with E-state index in [1.807, 2.05) is 26.8 Å². The molecule has 0 saturated heterocycles. The molecule has 1 heterocycles. The summed E-state index contributed by atoms with van der Waals surface area (Å²) in [4.78, 5) is 4.34. The van der Waals surface area contributed by atoms with Crippen molar-refractivity contribution in [1.82, 2.24) is 20.1 Å². The third-order valence-electron chi connectivity index (χ3n) is 3.58. The highest BCUT2D eigenvalue weighted by Crippen LogP contribution is 2.25. The molecule has 1 aromatic heterocycles. The van der Waals surface area contributed by atoms with Crippen LogP contribution in [-0.2, 0) is 0 Å². The molecule has 2 rings (SSSR count). The van der Waals surface area contributed by atoms with Gasteiger partial charge in [-0.2, -0.15) is 5.10 Å². The standard InChI is InChI=1S/C16H23FN4/c1-6-7-18-11(3)14-9-15(17)10(2)8-16(14)21-13(5)19-12(4)20-21/h8-9,11,18H,6-7H2,1-5H3. The number of rotatable bonds is 5. The molecule has 4 nitrogen and oxygen atoms in total. The SMILES string of the molecule is CCCNC(C)c1cc(F)c(C)cc1-n1nc(C)nc1C. The summed E-state index contributed by atoms with van der Waals surface area (Å²) in [5, 5.41) is 7.83. The third kappa shape index (κ3) is 3.29. The van der Waals surface area contributed by atoms with Crippen LogP contribution in [0.2, 0.25) is 0 Å². The van der Waals surface area contributed by atoms with Gasteiger partial charge in [-0.15, -0.1) is 0 Å². The van der Waals surface area contributed by atoms with E-state index >= 15 is 0 Å². The Bertz CT molecular complexity index is 633. The summed E-state index contributed by atoms with van der Waals surface area (Å²) in [5.41, 5.74) is 2.41. The number of nitrogens with zero attached hydrogens (tertiary/aromatic N) is 3. The van der Waals surface area contributed by atoms with E-state index in [-0.39, 0.29) is 11.9 Å². The second kappa shape index (κ2) is 6.35. The summed E-state index contributed by atoms with van der Waals surface area (Å²) < 4.78 is 15.8. The maximum atomic E-state index is 14.0. The molecule has 2 aromatic rings. The molecule has 0 amide bonds. The monoisotopic (exact) mass is 290 g/mol.